The van der Waals surface area contributed by atoms with Crippen molar-refractivity contribution in [1.29, 1.82) is 0 Å². The van der Waals surface area contributed by atoms with E-state index in [0.717, 1.165) is 22.5 Å². The Morgan fingerprint density at radius 1 is 0.674 bits per heavy atom. The predicted octanol–water partition coefficient (Wildman–Crippen LogP) is 8.37. The Morgan fingerprint density at radius 3 is 1.84 bits per heavy atom. The van der Waals surface area contributed by atoms with Crippen LogP contribution in [0, 0.1) is 0 Å². The van der Waals surface area contributed by atoms with Gasteiger partial charge in [-0.2, -0.15) is 0 Å². The van der Waals surface area contributed by atoms with E-state index in [4.69, 9.17) is 17.0 Å². The molecule has 4 aromatic rings. The third-order valence-corrected chi connectivity index (χ3v) is 43.9. The van der Waals surface area contributed by atoms with Crippen LogP contribution in [0.4, 0.5) is 0 Å². The van der Waals surface area contributed by atoms with E-state index < -0.39 is 21.8 Å². The molecule has 0 heterocycles. The molecule has 0 fully saturated rings. The first-order valence-electron chi connectivity index (χ1n) is 16.1. The number of nitrogens with one attached hydrogen (secondary N) is 1. The molecular weight excluding hydrogens is 665 g/mol. The van der Waals surface area contributed by atoms with Crippen LogP contribution in [0.1, 0.15) is 82.3 Å². The molecule has 1 aliphatic rings. The first-order chi connectivity index (χ1) is 20.9. The fourth-order valence-corrected chi connectivity index (χ4v) is 44.5. The topological polar surface area (TPSA) is 29.1 Å². The van der Waals surface area contributed by atoms with Gasteiger partial charge in [-0.15, -0.1) is 0 Å². The van der Waals surface area contributed by atoms with E-state index >= 15 is 0 Å². The number of hydrogen-bond acceptors (Lipinski definition) is 1. The Bertz CT molecular complexity index is 1470. The van der Waals surface area contributed by atoms with Gasteiger partial charge in [0.05, 0.1) is 0 Å². The first kappa shape index (κ1) is 32.4. The quantitative estimate of drug-likeness (QED) is 0.0860. The van der Waals surface area contributed by atoms with Crippen molar-refractivity contribution in [2.75, 3.05) is 0 Å². The van der Waals surface area contributed by atoms with Gasteiger partial charge in [0, 0.05) is 0 Å². The zero-order valence-electron chi connectivity index (χ0n) is 25.3. The Hall–Kier alpha value is -1.97. The molecule has 0 unspecified atom stereocenters. The van der Waals surface area contributed by atoms with E-state index in [9.17, 15) is 4.79 Å². The van der Waals surface area contributed by atoms with Crippen LogP contribution in [0.2, 0.25) is 0 Å². The van der Waals surface area contributed by atoms with E-state index in [1.807, 2.05) is 12.1 Å². The Balaban J connectivity index is 1.48. The van der Waals surface area contributed by atoms with Crippen molar-refractivity contribution < 1.29 is 20.6 Å². The minimum absolute atomic E-state index is 0.00365. The Kier molecular flexibility index (Phi) is 11.2. The summed E-state index contributed by atoms with van der Waals surface area (Å²) >= 11 is -5.38. The molecule has 0 spiro atoms. The summed E-state index contributed by atoms with van der Waals surface area (Å²) in [4.78, 5) is 13.9. The maximum absolute atomic E-state index is 13.9. The number of halogens is 2. The molecule has 225 valence electrons. The van der Waals surface area contributed by atoms with Crippen LogP contribution in [-0.4, -0.2) is 11.8 Å². The van der Waals surface area contributed by atoms with Crippen molar-refractivity contribution >= 4 is 42.5 Å². The zero-order valence-corrected chi connectivity index (χ0v) is 30.5. The van der Waals surface area contributed by atoms with Gasteiger partial charge in [-0.3, -0.25) is 0 Å². The molecule has 1 N–H and O–H groups in total. The number of fused-ring (bicyclic) bond motifs is 3. The second kappa shape index (κ2) is 14.9. The van der Waals surface area contributed by atoms with Crippen LogP contribution < -0.4 is 16.9 Å². The van der Waals surface area contributed by atoms with Crippen molar-refractivity contribution in [3.8, 4) is 11.1 Å². The van der Waals surface area contributed by atoms with Crippen LogP contribution in [0.3, 0.4) is 0 Å². The van der Waals surface area contributed by atoms with Gasteiger partial charge in [-0.25, -0.2) is 0 Å². The molecule has 0 saturated heterocycles. The summed E-state index contributed by atoms with van der Waals surface area (Å²) in [5.41, 5.74) is 4.90. The van der Waals surface area contributed by atoms with Gasteiger partial charge in [0.1, 0.15) is 0 Å². The number of benzene rings is 4. The fourth-order valence-electron chi connectivity index (χ4n) is 6.86. The molecule has 1 aliphatic carbocycles. The minimum atomic E-state index is -5.38. The van der Waals surface area contributed by atoms with Crippen LogP contribution >= 0.6 is 17.0 Å². The summed E-state index contributed by atoms with van der Waals surface area (Å²) in [5, 5.41) is 2.33. The van der Waals surface area contributed by atoms with E-state index in [1.54, 1.807) is 0 Å². The molecule has 0 bridgehead atoms. The van der Waals surface area contributed by atoms with Gasteiger partial charge in [0.15, 0.2) is 0 Å². The number of carbonyl (C=O) groups excluding carboxylic acids is 1. The van der Waals surface area contributed by atoms with E-state index in [-0.39, 0.29) is 5.91 Å². The molecule has 0 aliphatic heterocycles. The molecule has 5 rings (SSSR count). The number of rotatable bonds is 15. The molecule has 2 nitrogen and oxygen atoms in total. The van der Waals surface area contributed by atoms with Gasteiger partial charge in [0.25, 0.3) is 0 Å². The average molecular weight is 709 g/mol. The first-order valence-corrected chi connectivity index (χ1v) is 30.9. The van der Waals surface area contributed by atoms with Gasteiger partial charge in [0.2, 0.25) is 0 Å². The molecule has 0 atom stereocenters. The van der Waals surface area contributed by atoms with Crippen molar-refractivity contribution in [2.45, 2.75) is 77.6 Å². The fraction of sp³-hybridized carbons (Fsp3) is 0.324. The van der Waals surface area contributed by atoms with E-state index in [2.05, 4.69) is 101 Å². The predicted molar refractivity (Wildman–Crippen MR) is 185 cm³/mol. The summed E-state index contributed by atoms with van der Waals surface area (Å²) in [6.45, 7) is 2.25. The summed E-state index contributed by atoms with van der Waals surface area (Å²) < 4.78 is 4.53. The maximum atomic E-state index is 13.9. The van der Waals surface area contributed by atoms with E-state index in [1.165, 1.54) is 77.6 Å². The third kappa shape index (κ3) is 7.47. The zero-order chi connectivity index (χ0) is 30.1. The Morgan fingerprint density at radius 2 is 1.21 bits per heavy atom. The summed E-state index contributed by atoms with van der Waals surface area (Å²) in [7, 11) is 16.4. The van der Waals surface area contributed by atoms with Gasteiger partial charge >= 0.3 is 262 Å². The monoisotopic (exact) mass is 706 g/mol. The van der Waals surface area contributed by atoms with Crippen LogP contribution in [-0.2, 0) is 27.1 Å². The van der Waals surface area contributed by atoms with Gasteiger partial charge in [-0.1, -0.05) is 6.92 Å². The van der Waals surface area contributed by atoms with Gasteiger partial charge in [-0.05, 0) is 0 Å². The number of amides is 1. The summed E-state index contributed by atoms with van der Waals surface area (Å²) in [6, 6.07) is 35.9. The molecule has 0 saturated carbocycles. The third-order valence-electron chi connectivity index (χ3n) is 8.99. The summed E-state index contributed by atoms with van der Waals surface area (Å²) in [5.74, 6) is -2.37. The number of carbonyl (C=O) groups is 1. The van der Waals surface area contributed by atoms with Crippen molar-refractivity contribution in [1.82, 2.24) is 3.26 Å². The van der Waals surface area contributed by atoms with Crippen LogP contribution in [0.15, 0.2) is 103 Å². The SMILES string of the molecule is CCCCCCCCCCCC(=O)[NH][Zr]([Cl])([Cl])([c]1cccc2c1Cc1ccccc1-2)[SiH](c1ccccc1)c1ccccc1. The number of hydrogen-bond donors (Lipinski definition) is 1. The molecule has 4 aromatic carbocycles. The van der Waals surface area contributed by atoms with Crippen LogP contribution in [0.5, 0.6) is 0 Å². The normalized spacial score (nSPS) is 13.3. The van der Waals surface area contributed by atoms with E-state index in [0.29, 0.717) is 6.42 Å². The molecule has 6 heteroatoms. The second-order valence-electron chi connectivity index (χ2n) is 12.1. The standard InChI is InChI=1S/C13H9.C12H25NO.C12H11Si.2ClH.Zr/c1-3-7-12-10(5-1)9-11-6-2-4-8-13(11)12;1-2-3-4-5-6-7-8-9-10-11-12(13)14;1-3-7-11(8-4-1)13-12-9-5-2-6-10-12;;;/h1-5,7-8H,9H2;2-11H2,1H3,(H2,13,14);1-10,13H;2*1H;/q;;;;;+3/p-3. The molecule has 0 radical (unpaired) electrons. The molecule has 43 heavy (non-hydrogen) atoms. The molecular formula is C37H44Cl2NOSiZr. The summed E-state index contributed by atoms with van der Waals surface area (Å²) in [6.07, 6.45) is 12.1. The Labute approximate surface area is 267 Å². The average Bonchev–Trinajstić information content (AvgIpc) is 3.40. The molecule has 1 amide bonds. The number of unbranched alkanes of at least 4 members (excludes halogenated alkanes) is 8. The molecule has 0 aromatic heterocycles. The van der Waals surface area contributed by atoms with Crippen molar-refractivity contribution in [2.24, 2.45) is 0 Å². The van der Waals surface area contributed by atoms with Crippen molar-refractivity contribution in [3.05, 3.63) is 114 Å². The second-order valence-corrected chi connectivity index (χ2v) is 47.4. The van der Waals surface area contributed by atoms with Crippen LogP contribution in [0.25, 0.3) is 11.1 Å². The van der Waals surface area contributed by atoms with Crippen molar-refractivity contribution in [3.63, 3.8) is 0 Å². The van der Waals surface area contributed by atoms with Gasteiger partial charge < -0.3 is 0 Å².